The van der Waals surface area contributed by atoms with Crippen molar-refractivity contribution in [2.24, 2.45) is 7.05 Å². The quantitative estimate of drug-likeness (QED) is 0.893. The Bertz CT molecular complexity index is 851. The molecule has 1 aromatic carbocycles. The Labute approximate surface area is 152 Å². The third-order valence-corrected chi connectivity index (χ3v) is 5.52. The number of carbonyl (C=O) groups is 2. The SMILES string of the molecule is CC(=O)N1CCC2(CC1)Nc1ccccc1N(Cc1cncn1C)C2=O. The smallest absolute Gasteiger partial charge is 0.253 e. The maximum atomic E-state index is 13.5. The van der Waals surface area contributed by atoms with Gasteiger partial charge in [0.15, 0.2) is 0 Å². The van der Waals surface area contributed by atoms with E-state index in [0.717, 1.165) is 17.1 Å². The molecule has 0 aliphatic carbocycles. The van der Waals surface area contributed by atoms with Crippen molar-refractivity contribution in [3.05, 3.63) is 42.5 Å². The van der Waals surface area contributed by atoms with Crippen LogP contribution < -0.4 is 10.2 Å². The van der Waals surface area contributed by atoms with E-state index >= 15 is 0 Å². The van der Waals surface area contributed by atoms with Gasteiger partial charge in [0.25, 0.3) is 5.91 Å². The van der Waals surface area contributed by atoms with E-state index in [-0.39, 0.29) is 11.8 Å². The maximum Gasteiger partial charge on any atom is 0.253 e. The number of hydrogen-bond acceptors (Lipinski definition) is 4. The van der Waals surface area contributed by atoms with Crippen LogP contribution in [0.4, 0.5) is 11.4 Å². The first kappa shape index (κ1) is 16.6. The summed E-state index contributed by atoms with van der Waals surface area (Å²) in [6.07, 6.45) is 4.77. The summed E-state index contributed by atoms with van der Waals surface area (Å²) in [6, 6.07) is 7.90. The van der Waals surface area contributed by atoms with Crippen molar-refractivity contribution in [3.63, 3.8) is 0 Å². The van der Waals surface area contributed by atoms with Gasteiger partial charge in [0.2, 0.25) is 5.91 Å². The van der Waals surface area contributed by atoms with Crippen LogP contribution in [0.25, 0.3) is 0 Å². The van der Waals surface area contributed by atoms with Crippen molar-refractivity contribution in [1.29, 1.82) is 0 Å². The van der Waals surface area contributed by atoms with Crippen molar-refractivity contribution in [3.8, 4) is 0 Å². The molecule has 7 nitrogen and oxygen atoms in total. The van der Waals surface area contributed by atoms with Gasteiger partial charge < -0.3 is 19.7 Å². The summed E-state index contributed by atoms with van der Waals surface area (Å²) in [5.74, 6) is 0.135. The highest BCUT2D eigenvalue weighted by Crippen LogP contribution is 2.40. The third kappa shape index (κ3) is 2.64. The van der Waals surface area contributed by atoms with E-state index in [4.69, 9.17) is 0 Å². The number of hydrogen-bond donors (Lipinski definition) is 1. The molecule has 2 aromatic rings. The number of anilines is 2. The molecule has 0 atom stereocenters. The zero-order valence-electron chi connectivity index (χ0n) is 15.1. The van der Waals surface area contributed by atoms with E-state index in [1.807, 2.05) is 45.7 Å². The van der Waals surface area contributed by atoms with Gasteiger partial charge in [-0.15, -0.1) is 0 Å². The molecule has 136 valence electrons. The normalized spacial score (nSPS) is 18.6. The van der Waals surface area contributed by atoms with Gasteiger partial charge in [-0.25, -0.2) is 4.98 Å². The lowest BCUT2D eigenvalue weighted by molar-refractivity contribution is -0.133. The molecule has 0 bridgehead atoms. The minimum atomic E-state index is -0.654. The second kappa shape index (κ2) is 6.16. The van der Waals surface area contributed by atoms with E-state index in [2.05, 4.69) is 10.3 Å². The highest BCUT2D eigenvalue weighted by Gasteiger charge is 2.48. The van der Waals surface area contributed by atoms with Crippen LogP contribution in [0.2, 0.25) is 0 Å². The van der Waals surface area contributed by atoms with E-state index < -0.39 is 5.54 Å². The van der Waals surface area contributed by atoms with Gasteiger partial charge >= 0.3 is 0 Å². The largest absolute Gasteiger partial charge is 0.369 e. The molecular formula is C19H23N5O2. The number of aryl methyl sites for hydroxylation is 1. The molecule has 1 spiro atoms. The average Bonchev–Trinajstić information content (AvgIpc) is 3.04. The summed E-state index contributed by atoms with van der Waals surface area (Å²) in [5, 5.41) is 3.49. The minimum absolute atomic E-state index is 0.0650. The number of nitrogens with one attached hydrogen (secondary N) is 1. The van der Waals surface area contributed by atoms with Gasteiger partial charge in [-0.05, 0) is 25.0 Å². The van der Waals surface area contributed by atoms with Crippen LogP contribution in [0, 0.1) is 0 Å². The molecule has 1 N–H and O–H groups in total. The molecule has 4 rings (SSSR count). The minimum Gasteiger partial charge on any atom is -0.369 e. The fourth-order valence-corrected chi connectivity index (χ4v) is 3.89. The molecule has 1 saturated heterocycles. The predicted molar refractivity (Wildman–Crippen MR) is 98.7 cm³/mol. The summed E-state index contributed by atoms with van der Waals surface area (Å²) < 4.78 is 1.93. The summed E-state index contributed by atoms with van der Waals surface area (Å²) in [5.41, 5.74) is 2.18. The van der Waals surface area contributed by atoms with Crippen LogP contribution in [0.5, 0.6) is 0 Å². The molecule has 2 aliphatic rings. The van der Waals surface area contributed by atoms with Gasteiger partial charge in [0.1, 0.15) is 5.54 Å². The number of piperidine rings is 1. The van der Waals surface area contributed by atoms with Crippen LogP contribution in [0.1, 0.15) is 25.5 Å². The molecule has 3 heterocycles. The van der Waals surface area contributed by atoms with E-state index in [1.54, 1.807) is 19.4 Å². The molecule has 1 aromatic heterocycles. The number of carbonyl (C=O) groups excluding carboxylic acids is 2. The maximum absolute atomic E-state index is 13.5. The molecule has 2 aliphatic heterocycles. The summed E-state index contributed by atoms with van der Waals surface area (Å²) in [6.45, 7) is 3.25. The summed E-state index contributed by atoms with van der Waals surface area (Å²) in [7, 11) is 1.93. The first-order valence-corrected chi connectivity index (χ1v) is 8.90. The number of benzene rings is 1. The Morgan fingerprint density at radius 1 is 1.27 bits per heavy atom. The van der Waals surface area contributed by atoms with Crippen LogP contribution >= 0.6 is 0 Å². The lowest BCUT2D eigenvalue weighted by atomic mass is 9.83. The van der Waals surface area contributed by atoms with E-state index in [0.29, 0.717) is 32.5 Å². The first-order chi connectivity index (χ1) is 12.5. The van der Waals surface area contributed by atoms with Crippen LogP contribution in [0.15, 0.2) is 36.8 Å². The average molecular weight is 353 g/mol. The van der Waals surface area contributed by atoms with Gasteiger partial charge in [0.05, 0.1) is 29.9 Å². The zero-order chi connectivity index (χ0) is 18.3. The molecule has 7 heteroatoms. The first-order valence-electron chi connectivity index (χ1n) is 8.90. The zero-order valence-corrected chi connectivity index (χ0v) is 15.1. The van der Waals surface area contributed by atoms with Crippen molar-refractivity contribution in [2.75, 3.05) is 23.3 Å². The number of fused-ring (bicyclic) bond motifs is 1. The Hall–Kier alpha value is -2.83. The monoisotopic (exact) mass is 353 g/mol. The number of amides is 2. The second-order valence-electron chi connectivity index (χ2n) is 7.12. The molecule has 0 unspecified atom stereocenters. The number of imidazole rings is 1. The Balaban J connectivity index is 1.68. The Morgan fingerprint density at radius 2 is 2.00 bits per heavy atom. The number of rotatable bonds is 2. The molecule has 0 radical (unpaired) electrons. The standard InChI is InChI=1S/C19H23N5O2/c1-14(25)23-9-7-19(8-10-23)18(26)24(12-15-11-20-13-22(15)2)17-6-4-3-5-16(17)21-19/h3-6,11,13,21H,7-10,12H2,1-2H3. The number of likely N-dealkylation sites (tertiary alicyclic amines) is 1. The predicted octanol–water partition coefficient (Wildman–Crippen LogP) is 1.76. The number of para-hydroxylation sites is 2. The molecule has 1 fully saturated rings. The van der Waals surface area contributed by atoms with Crippen LogP contribution in [-0.2, 0) is 23.2 Å². The molecule has 2 amide bonds. The molecule has 0 saturated carbocycles. The van der Waals surface area contributed by atoms with Gasteiger partial charge in [-0.3, -0.25) is 9.59 Å². The fourth-order valence-electron chi connectivity index (χ4n) is 3.89. The van der Waals surface area contributed by atoms with Gasteiger partial charge in [-0.1, -0.05) is 12.1 Å². The second-order valence-corrected chi connectivity index (χ2v) is 7.12. The lowest BCUT2D eigenvalue weighted by Gasteiger charge is -2.47. The highest BCUT2D eigenvalue weighted by atomic mass is 16.2. The van der Waals surface area contributed by atoms with E-state index in [9.17, 15) is 9.59 Å². The number of nitrogens with zero attached hydrogens (tertiary/aromatic N) is 4. The fraction of sp³-hybridized carbons (Fsp3) is 0.421. The van der Waals surface area contributed by atoms with Crippen molar-refractivity contribution in [1.82, 2.24) is 14.5 Å². The highest BCUT2D eigenvalue weighted by molar-refractivity contribution is 6.08. The topological polar surface area (TPSA) is 70.5 Å². The Kier molecular flexibility index (Phi) is 3.94. The van der Waals surface area contributed by atoms with E-state index in [1.165, 1.54) is 0 Å². The Morgan fingerprint density at radius 3 is 2.65 bits per heavy atom. The number of aromatic nitrogens is 2. The van der Waals surface area contributed by atoms with Crippen molar-refractivity contribution < 1.29 is 9.59 Å². The lowest BCUT2D eigenvalue weighted by Crippen LogP contribution is -2.62. The summed E-state index contributed by atoms with van der Waals surface area (Å²) in [4.78, 5) is 33.0. The molecule has 26 heavy (non-hydrogen) atoms. The van der Waals surface area contributed by atoms with Crippen molar-refractivity contribution in [2.45, 2.75) is 31.8 Å². The van der Waals surface area contributed by atoms with Crippen molar-refractivity contribution >= 4 is 23.2 Å². The molecular weight excluding hydrogens is 330 g/mol. The van der Waals surface area contributed by atoms with Gasteiger partial charge in [-0.2, -0.15) is 0 Å². The van der Waals surface area contributed by atoms with Crippen LogP contribution in [0.3, 0.4) is 0 Å². The van der Waals surface area contributed by atoms with Crippen LogP contribution in [-0.4, -0.2) is 44.9 Å². The van der Waals surface area contributed by atoms with Gasteiger partial charge in [0, 0.05) is 33.3 Å². The summed E-state index contributed by atoms with van der Waals surface area (Å²) >= 11 is 0. The third-order valence-electron chi connectivity index (χ3n) is 5.52.